The summed E-state index contributed by atoms with van der Waals surface area (Å²) < 4.78 is 0. The van der Waals surface area contributed by atoms with Crippen molar-refractivity contribution in [1.82, 2.24) is 20.3 Å². The zero-order chi connectivity index (χ0) is 24.2. The molecule has 5 rings (SSSR count). The normalized spacial score (nSPS) is 18.9. The van der Waals surface area contributed by atoms with Crippen LogP contribution in [0.2, 0.25) is 0 Å². The van der Waals surface area contributed by atoms with E-state index in [2.05, 4.69) is 84.0 Å². The van der Waals surface area contributed by atoms with Gasteiger partial charge in [-0.3, -0.25) is 14.9 Å². The van der Waals surface area contributed by atoms with Gasteiger partial charge in [-0.2, -0.15) is 10.6 Å². The SMILES string of the molecule is CN=NNN1CCCc2c(CCN3CCN(c4cccc5nc(C)ccc45)C[C@H]3NCl)cccc21. The number of hydrazine groups is 1. The first-order valence-corrected chi connectivity index (χ1v) is 12.7. The third-order valence-electron chi connectivity index (χ3n) is 7.09. The fraction of sp³-hybridized carbons (Fsp3) is 0.423. The molecule has 0 aliphatic carbocycles. The Kier molecular flexibility index (Phi) is 7.32. The summed E-state index contributed by atoms with van der Waals surface area (Å²) in [5.74, 6) is 0. The standard InChI is InChI=1S/C26H33ClN8/c1-19-11-12-22-23(29-19)8-4-9-24(22)34-17-16-33(26(18-34)30-27)15-13-20-6-3-10-25-21(20)7-5-14-35(25)32-31-28-2/h3-4,6,8-12,26,30H,5,7,13-18H2,1-2H3,(H,28,32)/t26-/m0/s1. The van der Waals surface area contributed by atoms with Crippen molar-refractivity contribution in [3.05, 3.63) is 65.4 Å². The van der Waals surface area contributed by atoms with Gasteiger partial charge in [0.25, 0.3) is 0 Å². The molecular weight excluding hydrogens is 460 g/mol. The molecule has 0 unspecified atom stereocenters. The summed E-state index contributed by atoms with van der Waals surface area (Å²) in [5.41, 5.74) is 10.4. The first-order chi connectivity index (χ1) is 17.2. The van der Waals surface area contributed by atoms with Crippen LogP contribution in [0.3, 0.4) is 0 Å². The third-order valence-corrected chi connectivity index (χ3v) is 7.34. The van der Waals surface area contributed by atoms with Gasteiger partial charge >= 0.3 is 0 Å². The number of pyridine rings is 1. The van der Waals surface area contributed by atoms with Gasteiger partial charge in [0.1, 0.15) is 0 Å². The molecule has 0 spiro atoms. The van der Waals surface area contributed by atoms with Crippen LogP contribution in [0.1, 0.15) is 23.2 Å². The molecule has 2 aliphatic heterocycles. The van der Waals surface area contributed by atoms with E-state index >= 15 is 0 Å². The molecule has 1 atom stereocenters. The van der Waals surface area contributed by atoms with Crippen molar-refractivity contribution in [2.24, 2.45) is 10.3 Å². The van der Waals surface area contributed by atoms with Gasteiger partial charge in [-0.15, -0.1) is 0 Å². The zero-order valence-electron chi connectivity index (χ0n) is 20.4. The largest absolute Gasteiger partial charge is 0.367 e. The number of rotatable bonds is 7. The Hall–Kier alpha value is -2.94. The molecule has 0 amide bonds. The summed E-state index contributed by atoms with van der Waals surface area (Å²) >= 11 is 6.27. The number of benzene rings is 2. The second-order valence-corrected chi connectivity index (χ2v) is 9.44. The lowest BCUT2D eigenvalue weighted by atomic mass is 9.95. The fourth-order valence-corrected chi connectivity index (χ4v) is 5.53. The van der Waals surface area contributed by atoms with Gasteiger partial charge < -0.3 is 4.90 Å². The predicted molar refractivity (Wildman–Crippen MR) is 143 cm³/mol. The lowest BCUT2D eigenvalue weighted by molar-refractivity contribution is 0.170. The minimum Gasteiger partial charge on any atom is -0.367 e. The van der Waals surface area contributed by atoms with Crippen molar-refractivity contribution < 1.29 is 0 Å². The highest BCUT2D eigenvalue weighted by Crippen LogP contribution is 2.30. The van der Waals surface area contributed by atoms with E-state index in [9.17, 15) is 0 Å². The van der Waals surface area contributed by atoms with Gasteiger partial charge in [0.2, 0.25) is 0 Å². The molecule has 0 bridgehead atoms. The topological polar surface area (TPSA) is 71.4 Å². The number of fused-ring (bicyclic) bond motifs is 2. The Morgan fingerprint density at radius 3 is 2.77 bits per heavy atom. The van der Waals surface area contributed by atoms with Crippen molar-refractivity contribution in [1.29, 1.82) is 0 Å². The number of aryl methyl sites for hydroxylation is 1. The zero-order valence-corrected chi connectivity index (χ0v) is 21.2. The highest BCUT2D eigenvalue weighted by molar-refractivity contribution is 6.13. The minimum absolute atomic E-state index is 0.0711. The van der Waals surface area contributed by atoms with Gasteiger partial charge in [0, 0.05) is 49.5 Å². The van der Waals surface area contributed by atoms with Crippen LogP contribution in [0.4, 0.5) is 11.4 Å². The maximum Gasteiger partial charge on any atom is 0.0916 e. The number of halogens is 1. The van der Waals surface area contributed by atoms with Crippen molar-refractivity contribution in [2.45, 2.75) is 32.4 Å². The molecule has 1 fully saturated rings. The van der Waals surface area contributed by atoms with Crippen LogP contribution >= 0.6 is 11.8 Å². The first kappa shape index (κ1) is 23.8. The van der Waals surface area contributed by atoms with Crippen LogP contribution in [0.25, 0.3) is 10.9 Å². The Morgan fingerprint density at radius 1 is 1.06 bits per heavy atom. The monoisotopic (exact) mass is 492 g/mol. The molecule has 1 aromatic heterocycles. The molecule has 2 N–H and O–H groups in total. The van der Waals surface area contributed by atoms with E-state index in [1.165, 1.54) is 27.9 Å². The molecular formula is C26H33ClN8. The summed E-state index contributed by atoms with van der Waals surface area (Å²) in [6.45, 7) is 6.63. The van der Waals surface area contributed by atoms with Crippen molar-refractivity contribution in [3.8, 4) is 0 Å². The number of hydrogen-bond acceptors (Lipinski definition) is 7. The molecule has 0 radical (unpaired) electrons. The molecule has 8 nitrogen and oxygen atoms in total. The molecule has 1 saturated heterocycles. The van der Waals surface area contributed by atoms with E-state index in [0.717, 1.165) is 63.2 Å². The lowest BCUT2D eigenvalue weighted by Gasteiger charge is -2.42. The molecule has 9 heteroatoms. The first-order valence-electron chi connectivity index (χ1n) is 12.3. The molecule has 0 saturated carbocycles. The van der Waals surface area contributed by atoms with Crippen LogP contribution in [-0.4, -0.2) is 55.8 Å². The smallest absolute Gasteiger partial charge is 0.0916 e. The number of piperazine rings is 1. The third kappa shape index (κ3) is 5.05. The van der Waals surface area contributed by atoms with Gasteiger partial charge in [-0.25, -0.2) is 4.84 Å². The molecule has 184 valence electrons. The number of hydrogen-bond donors (Lipinski definition) is 2. The Labute approximate surface area is 212 Å². The van der Waals surface area contributed by atoms with E-state index in [0.29, 0.717) is 0 Å². The number of aromatic nitrogens is 1. The maximum absolute atomic E-state index is 6.27. The second kappa shape index (κ2) is 10.8. The fourth-order valence-electron chi connectivity index (χ4n) is 5.32. The summed E-state index contributed by atoms with van der Waals surface area (Å²) in [6, 6.07) is 17.2. The second-order valence-electron chi connectivity index (χ2n) is 9.22. The molecule has 2 aliphatic rings. The molecule has 3 aromatic rings. The lowest BCUT2D eigenvalue weighted by Crippen LogP contribution is -2.57. The summed E-state index contributed by atoms with van der Waals surface area (Å²) in [7, 11) is 1.67. The van der Waals surface area contributed by atoms with E-state index in [4.69, 9.17) is 16.8 Å². The summed E-state index contributed by atoms with van der Waals surface area (Å²) in [6.07, 6.45) is 3.24. The van der Waals surface area contributed by atoms with Crippen molar-refractivity contribution in [3.63, 3.8) is 0 Å². The van der Waals surface area contributed by atoms with Crippen LogP contribution < -0.4 is 20.3 Å². The quantitative estimate of drug-likeness (QED) is 0.292. The Balaban J connectivity index is 1.28. The van der Waals surface area contributed by atoms with E-state index in [1.54, 1.807) is 7.05 Å². The average Bonchev–Trinajstić information content (AvgIpc) is 2.90. The van der Waals surface area contributed by atoms with Crippen molar-refractivity contribution in [2.75, 3.05) is 49.7 Å². The van der Waals surface area contributed by atoms with Crippen LogP contribution in [0.15, 0.2) is 58.9 Å². The summed E-state index contributed by atoms with van der Waals surface area (Å²) in [5, 5.41) is 11.1. The van der Waals surface area contributed by atoms with Crippen LogP contribution in [0.5, 0.6) is 0 Å². The maximum atomic E-state index is 6.27. The Morgan fingerprint density at radius 2 is 1.91 bits per heavy atom. The highest BCUT2D eigenvalue weighted by Gasteiger charge is 2.28. The van der Waals surface area contributed by atoms with Crippen LogP contribution in [0, 0.1) is 6.92 Å². The number of nitrogens with one attached hydrogen (secondary N) is 2. The van der Waals surface area contributed by atoms with Gasteiger partial charge in [-0.05, 0) is 79.4 Å². The number of anilines is 2. The minimum atomic E-state index is 0.0711. The van der Waals surface area contributed by atoms with E-state index < -0.39 is 0 Å². The van der Waals surface area contributed by atoms with Gasteiger partial charge in [-0.1, -0.05) is 23.4 Å². The predicted octanol–water partition coefficient (Wildman–Crippen LogP) is 4.23. The average molecular weight is 493 g/mol. The van der Waals surface area contributed by atoms with Gasteiger partial charge in [0.05, 0.1) is 24.4 Å². The molecule has 35 heavy (non-hydrogen) atoms. The van der Waals surface area contributed by atoms with Crippen LogP contribution in [-0.2, 0) is 12.8 Å². The van der Waals surface area contributed by atoms with Crippen molar-refractivity contribution >= 4 is 34.1 Å². The molecule has 3 heterocycles. The summed E-state index contributed by atoms with van der Waals surface area (Å²) in [4.78, 5) is 12.6. The van der Waals surface area contributed by atoms with E-state index in [-0.39, 0.29) is 6.17 Å². The highest BCUT2D eigenvalue weighted by atomic mass is 35.5. The van der Waals surface area contributed by atoms with Gasteiger partial charge in [0.15, 0.2) is 0 Å². The Bertz CT molecular complexity index is 1200. The molecule has 2 aromatic carbocycles. The van der Waals surface area contributed by atoms with E-state index in [1.807, 2.05) is 6.92 Å². The number of nitrogens with zero attached hydrogens (tertiary/aromatic N) is 6.